The average Bonchev–Trinajstić information content (AvgIpc) is 2.65. The maximum absolute atomic E-state index is 12.3. The van der Waals surface area contributed by atoms with Crippen molar-refractivity contribution in [3.63, 3.8) is 0 Å². The summed E-state index contributed by atoms with van der Waals surface area (Å²) in [5.74, 6) is 0.366. The van der Waals surface area contributed by atoms with Gasteiger partial charge < -0.3 is 23.5 Å². The number of nitrogens with zero attached hydrogens (tertiary/aromatic N) is 1. The van der Waals surface area contributed by atoms with Crippen LogP contribution in [0.2, 0.25) is 5.02 Å². The minimum absolute atomic E-state index is 0.0515. The Balaban J connectivity index is 2.00. The molecule has 1 atom stereocenters. The third kappa shape index (κ3) is 3.79. The summed E-state index contributed by atoms with van der Waals surface area (Å²) in [4.78, 5) is 24.1. The Hall–Kier alpha value is -2.51. The maximum atomic E-state index is 12.3. The topological polar surface area (TPSA) is 76.0 Å². The van der Waals surface area contributed by atoms with E-state index in [1.807, 2.05) is 6.92 Å². The number of rotatable bonds is 6. The lowest BCUT2D eigenvalue weighted by Gasteiger charge is -2.29. The van der Waals surface area contributed by atoms with Crippen LogP contribution in [-0.4, -0.2) is 38.0 Å². The van der Waals surface area contributed by atoms with Gasteiger partial charge in [0.15, 0.2) is 11.7 Å². The molecule has 0 fully saturated rings. The van der Waals surface area contributed by atoms with Gasteiger partial charge in [-0.1, -0.05) is 11.6 Å². The number of esters is 1. The van der Waals surface area contributed by atoms with E-state index < -0.39 is 17.6 Å². The summed E-state index contributed by atoms with van der Waals surface area (Å²) in [6.45, 7) is 2.86. The summed E-state index contributed by atoms with van der Waals surface area (Å²) in [7, 11) is 2.86. The molecule has 2 heterocycles. The Labute approximate surface area is 161 Å². The SMILES string of the molecule is COCCCOc1cc2c(cc1Cl)-c1cc(=O)c(C(=O)OC)cn1C(C)O2. The molecule has 0 amide bonds. The summed E-state index contributed by atoms with van der Waals surface area (Å²) >= 11 is 6.35. The Kier molecular flexibility index (Phi) is 5.72. The van der Waals surface area contributed by atoms with Gasteiger partial charge in [-0.2, -0.15) is 0 Å². The highest BCUT2D eigenvalue weighted by Gasteiger charge is 2.26. The summed E-state index contributed by atoms with van der Waals surface area (Å²) in [6.07, 6.45) is 1.75. The molecule has 0 saturated heterocycles. The first-order valence-electron chi connectivity index (χ1n) is 8.43. The monoisotopic (exact) mass is 393 g/mol. The van der Waals surface area contributed by atoms with Gasteiger partial charge in [-0.05, 0) is 13.0 Å². The van der Waals surface area contributed by atoms with E-state index in [1.165, 1.54) is 19.4 Å². The lowest BCUT2D eigenvalue weighted by molar-refractivity contribution is 0.0596. The largest absolute Gasteiger partial charge is 0.492 e. The van der Waals surface area contributed by atoms with Crippen LogP contribution in [0.15, 0.2) is 29.2 Å². The van der Waals surface area contributed by atoms with Gasteiger partial charge in [-0.3, -0.25) is 4.79 Å². The summed E-state index contributed by atoms with van der Waals surface area (Å²) in [6, 6.07) is 4.79. The molecule has 1 aromatic carbocycles. The smallest absolute Gasteiger partial charge is 0.343 e. The number of fused-ring (bicyclic) bond motifs is 3. The first-order chi connectivity index (χ1) is 13.0. The van der Waals surface area contributed by atoms with E-state index in [2.05, 4.69) is 4.74 Å². The van der Waals surface area contributed by atoms with Gasteiger partial charge in [0, 0.05) is 44.0 Å². The predicted octanol–water partition coefficient (Wildman–Crippen LogP) is 3.28. The summed E-state index contributed by atoms with van der Waals surface area (Å²) < 4.78 is 23.0. The Bertz CT molecular complexity index is 923. The van der Waals surface area contributed by atoms with Crippen LogP contribution >= 0.6 is 11.6 Å². The summed E-state index contributed by atoms with van der Waals surface area (Å²) in [5.41, 5.74) is 0.776. The predicted molar refractivity (Wildman–Crippen MR) is 99.8 cm³/mol. The molecule has 8 heteroatoms. The second-order valence-corrected chi connectivity index (χ2v) is 6.43. The van der Waals surface area contributed by atoms with Crippen molar-refractivity contribution in [2.75, 3.05) is 27.4 Å². The Morgan fingerprint density at radius 3 is 2.74 bits per heavy atom. The van der Waals surface area contributed by atoms with Gasteiger partial charge in [-0.15, -0.1) is 0 Å². The lowest BCUT2D eigenvalue weighted by atomic mass is 10.1. The molecule has 2 aromatic rings. The van der Waals surface area contributed by atoms with E-state index in [9.17, 15) is 9.59 Å². The molecule has 3 rings (SSSR count). The molecule has 0 bridgehead atoms. The van der Waals surface area contributed by atoms with Crippen molar-refractivity contribution >= 4 is 17.6 Å². The lowest BCUT2D eigenvalue weighted by Crippen LogP contribution is -2.25. The van der Waals surface area contributed by atoms with Crippen LogP contribution in [0.25, 0.3) is 11.3 Å². The molecule has 0 saturated carbocycles. The first-order valence-corrected chi connectivity index (χ1v) is 8.81. The van der Waals surface area contributed by atoms with Gasteiger partial charge in [0.1, 0.15) is 17.1 Å². The summed E-state index contributed by atoms with van der Waals surface area (Å²) in [5, 5.41) is 0.403. The van der Waals surface area contributed by atoms with Gasteiger partial charge in [-0.25, -0.2) is 4.79 Å². The van der Waals surface area contributed by atoms with Crippen molar-refractivity contribution in [2.45, 2.75) is 19.6 Å². The molecule has 27 heavy (non-hydrogen) atoms. The maximum Gasteiger partial charge on any atom is 0.343 e. The number of carbonyl (C=O) groups excluding carboxylic acids is 1. The number of halogens is 1. The molecular formula is C19H20ClNO6. The molecule has 0 radical (unpaired) electrons. The number of methoxy groups -OCH3 is 2. The molecule has 144 valence electrons. The quantitative estimate of drug-likeness (QED) is 0.553. The van der Waals surface area contributed by atoms with Crippen molar-refractivity contribution < 1.29 is 23.7 Å². The molecule has 0 spiro atoms. The van der Waals surface area contributed by atoms with Crippen LogP contribution < -0.4 is 14.9 Å². The molecule has 1 unspecified atom stereocenters. The van der Waals surface area contributed by atoms with Crippen LogP contribution in [-0.2, 0) is 9.47 Å². The van der Waals surface area contributed by atoms with Crippen LogP contribution in [0.3, 0.4) is 0 Å². The first kappa shape index (κ1) is 19.3. The number of aromatic nitrogens is 1. The second-order valence-electron chi connectivity index (χ2n) is 6.03. The highest BCUT2D eigenvalue weighted by molar-refractivity contribution is 6.32. The number of ether oxygens (including phenoxy) is 4. The van der Waals surface area contributed by atoms with Crippen LogP contribution in [0.4, 0.5) is 0 Å². The molecule has 0 aliphatic carbocycles. The number of carbonyl (C=O) groups is 1. The fourth-order valence-electron chi connectivity index (χ4n) is 2.90. The van der Waals surface area contributed by atoms with Crippen molar-refractivity contribution in [3.05, 3.63) is 45.2 Å². The van der Waals surface area contributed by atoms with Crippen LogP contribution in [0, 0.1) is 0 Å². The van der Waals surface area contributed by atoms with E-state index in [1.54, 1.807) is 23.8 Å². The second kappa shape index (κ2) is 8.02. The van der Waals surface area contributed by atoms with E-state index >= 15 is 0 Å². The zero-order valence-electron chi connectivity index (χ0n) is 15.3. The number of hydrogen-bond acceptors (Lipinski definition) is 6. The highest BCUT2D eigenvalue weighted by atomic mass is 35.5. The normalized spacial score (nSPS) is 14.7. The minimum Gasteiger partial charge on any atom is -0.492 e. The average molecular weight is 394 g/mol. The third-order valence-electron chi connectivity index (χ3n) is 4.23. The van der Waals surface area contributed by atoms with E-state index in [0.29, 0.717) is 41.0 Å². The van der Waals surface area contributed by atoms with Gasteiger partial charge >= 0.3 is 5.97 Å². The molecule has 1 aliphatic rings. The molecule has 0 N–H and O–H groups in total. The van der Waals surface area contributed by atoms with E-state index in [-0.39, 0.29) is 5.56 Å². The number of benzene rings is 1. The van der Waals surface area contributed by atoms with Crippen molar-refractivity contribution in [1.29, 1.82) is 0 Å². The zero-order valence-corrected chi connectivity index (χ0v) is 16.0. The van der Waals surface area contributed by atoms with Gasteiger partial charge in [0.25, 0.3) is 0 Å². The van der Waals surface area contributed by atoms with Crippen molar-refractivity contribution in [2.24, 2.45) is 0 Å². The number of pyridine rings is 1. The van der Waals surface area contributed by atoms with E-state index in [4.69, 9.17) is 25.8 Å². The molecule has 7 nitrogen and oxygen atoms in total. The Morgan fingerprint density at radius 1 is 1.26 bits per heavy atom. The van der Waals surface area contributed by atoms with Gasteiger partial charge in [0.05, 0.1) is 24.4 Å². The van der Waals surface area contributed by atoms with Crippen molar-refractivity contribution in [3.8, 4) is 22.8 Å². The third-order valence-corrected chi connectivity index (χ3v) is 4.53. The minimum atomic E-state index is -0.689. The Morgan fingerprint density at radius 2 is 2.04 bits per heavy atom. The van der Waals surface area contributed by atoms with E-state index in [0.717, 1.165) is 6.42 Å². The molecule has 1 aliphatic heterocycles. The fourth-order valence-corrected chi connectivity index (χ4v) is 3.12. The molecular weight excluding hydrogens is 374 g/mol. The van der Waals surface area contributed by atoms with Crippen molar-refractivity contribution in [1.82, 2.24) is 4.57 Å². The standard InChI is InChI=1S/C19H20ClNO6/c1-11-21-10-13(19(23)25-3)16(22)8-15(21)12-7-14(20)18(9-17(12)27-11)26-6-4-5-24-2/h7-11H,4-6H2,1-3H3. The van der Waals surface area contributed by atoms with Crippen LogP contribution in [0.1, 0.15) is 29.9 Å². The zero-order chi connectivity index (χ0) is 19.6. The molecule has 1 aromatic heterocycles. The van der Waals surface area contributed by atoms with Gasteiger partial charge in [0.2, 0.25) is 0 Å². The fraction of sp³-hybridized carbons (Fsp3) is 0.368. The highest BCUT2D eigenvalue weighted by Crippen LogP contribution is 2.43. The number of hydrogen-bond donors (Lipinski definition) is 0. The van der Waals surface area contributed by atoms with Crippen LogP contribution in [0.5, 0.6) is 11.5 Å².